The zero-order valence-corrected chi connectivity index (χ0v) is 18.6. The maximum atomic E-state index is 12.9. The van der Waals surface area contributed by atoms with E-state index in [1.165, 1.54) is 11.8 Å². The molecule has 0 aliphatic rings. The Morgan fingerprint density at radius 3 is 2.74 bits per heavy atom. The molecule has 0 bridgehead atoms. The Kier molecular flexibility index (Phi) is 5.35. The third kappa shape index (κ3) is 3.67. The van der Waals surface area contributed by atoms with Crippen molar-refractivity contribution in [3.63, 3.8) is 0 Å². The van der Waals surface area contributed by atoms with E-state index in [9.17, 15) is 4.79 Å². The molecular formula is C22H16ClN5OS2. The lowest BCUT2D eigenvalue weighted by molar-refractivity contribution is 0.783. The predicted octanol–water partition coefficient (Wildman–Crippen LogP) is 5.30. The van der Waals surface area contributed by atoms with Crippen LogP contribution < -0.4 is 5.56 Å². The molecule has 0 amide bonds. The van der Waals surface area contributed by atoms with Crippen molar-refractivity contribution in [1.29, 1.82) is 0 Å². The highest BCUT2D eigenvalue weighted by Gasteiger charge is 2.16. The van der Waals surface area contributed by atoms with Crippen LogP contribution in [0.3, 0.4) is 0 Å². The second kappa shape index (κ2) is 8.30. The molecule has 0 saturated carbocycles. The molecule has 0 aliphatic carbocycles. The van der Waals surface area contributed by atoms with Crippen LogP contribution in [0.1, 0.15) is 5.69 Å². The summed E-state index contributed by atoms with van der Waals surface area (Å²) in [6.45, 7) is 4.13. The maximum Gasteiger partial charge on any atom is 0.263 e. The molecule has 0 radical (unpaired) electrons. The summed E-state index contributed by atoms with van der Waals surface area (Å²) in [4.78, 5) is 17.6. The molecule has 9 heteroatoms. The second-order valence-electron chi connectivity index (χ2n) is 6.78. The van der Waals surface area contributed by atoms with Gasteiger partial charge in [0.05, 0.1) is 16.6 Å². The number of para-hydroxylation sites is 1. The van der Waals surface area contributed by atoms with E-state index in [1.54, 1.807) is 22.0 Å². The number of hydrogen-bond acceptors (Lipinski definition) is 6. The number of allylic oxidation sites excluding steroid dienone is 1. The number of fused-ring (bicyclic) bond motifs is 3. The minimum atomic E-state index is -0.0981. The average Bonchev–Trinajstić information content (AvgIpc) is 3.43. The van der Waals surface area contributed by atoms with Crippen LogP contribution in [0.25, 0.3) is 27.3 Å². The molecular weight excluding hydrogens is 450 g/mol. The molecule has 154 valence electrons. The lowest BCUT2D eigenvalue weighted by Gasteiger charge is -2.09. The van der Waals surface area contributed by atoms with Crippen LogP contribution in [0, 0.1) is 0 Å². The first-order valence-electron chi connectivity index (χ1n) is 9.46. The largest absolute Gasteiger partial charge is 0.272 e. The van der Waals surface area contributed by atoms with Crippen LogP contribution in [-0.2, 0) is 12.3 Å². The van der Waals surface area contributed by atoms with Crippen molar-refractivity contribution in [2.75, 3.05) is 0 Å². The van der Waals surface area contributed by atoms with Gasteiger partial charge in [0.15, 0.2) is 5.16 Å². The zero-order valence-electron chi connectivity index (χ0n) is 16.2. The summed E-state index contributed by atoms with van der Waals surface area (Å²) in [5.41, 5.74) is 2.69. The summed E-state index contributed by atoms with van der Waals surface area (Å²) in [5, 5.41) is 13.7. The quantitative estimate of drug-likeness (QED) is 0.251. The van der Waals surface area contributed by atoms with E-state index in [1.807, 2.05) is 58.3 Å². The van der Waals surface area contributed by atoms with Crippen LogP contribution in [0.5, 0.6) is 0 Å². The fourth-order valence-corrected chi connectivity index (χ4v) is 5.25. The van der Waals surface area contributed by atoms with Gasteiger partial charge in [0, 0.05) is 28.3 Å². The van der Waals surface area contributed by atoms with Gasteiger partial charge >= 0.3 is 0 Å². The van der Waals surface area contributed by atoms with Crippen molar-refractivity contribution in [3.8, 4) is 10.6 Å². The Morgan fingerprint density at radius 1 is 1.13 bits per heavy atom. The van der Waals surface area contributed by atoms with E-state index in [0.29, 0.717) is 33.6 Å². The smallest absolute Gasteiger partial charge is 0.263 e. The molecule has 5 rings (SSSR count). The van der Waals surface area contributed by atoms with Crippen molar-refractivity contribution in [2.45, 2.75) is 17.5 Å². The van der Waals surface area contributed by atoms with Gasteiger partial charge in [0.1, 0.15) is 5.01 Å². The topological polar surface area (TPSA) is 65.1 Å². The summed E-state index contributed by atoms with van der Waals surface area (Å²) >= 11 is 9.11. The van der Waals surface area contributed by atoms with Crippen molar-refractivity contribution in [1.82, 2.24) is 24.1 Å². The van der Waals surface area contributed by atoms with Crippen molar-refractivity contribution in [3.05, 3.63) is 87.6 Å². The number of aromatic nitrogens is 5. The van der Waals surface area contributed by atoms with Crippen molar-refractivity contribution in [2.24, 2.45) is 0 Å². The van der Waals surface area contributed by atoms with E-state index in [-0.39, 0.29) is 5.56 Å². The van der Waals surface area contributed by atoms with Crippen LogP contribution in [-0.4, -0.2) is 24.1 Å². The number of nitrogens with zero attached hydrogens (tertiary/aromatic N) is 5. The Morgan fingerprint density at radius 2 is 1.94 bits per heavy atom. The van der Waals surface area contributed by atoms with Gasteiger partial charge in [-0.2, -0.15) is 0 Å². The number of rotatable bonds is 6. The molecule has 0 N–H and O–H groups in total. The minimum absolute atomic E-state index is 0.0981. The average molecular weight is 466 g/mol. The van der Waals surface area contributed by atoms with Gasteiger partial charge in [-0.1, -0.05) is 53.7 Å². The van der Waals surface area contributed by atoms with E-state index in [0.717, 1.165) is 21.8 Å². The fraction of sp³-hybridized carbons (Fsp3) is 0.0909. The third-order valence-electron chi connectivity index (χ3n) is 4.78. The molecule has 3 aromatic heterocycles. The SMILES string of the molecule is C=CCn1c(=O)c2ccccc2n2c(SCc3csc(-c4ccc(Cl)cc4)n3)nnc12. The molecule has 0 unspecified atom stereocenters. The Bertz CT molecular complexity index is 1470. The highest BCUT2D eigenvalue weighted by molar-refractivity contribution is 7.98. The number of thiazole rings is 1. The summed E-state index contributed by atoms with van der Waals surface area (Å²) in [7, 11) is 0. The predicted molar refractivity (Wildman–Crippen MR) is 127 cm³/mol. The molecule has 0 atom stereocenters. The van der Waals surface area contributed by atoms with Gasteiger partial charge in [-0.3, -0.25) is 13.8 Å². The first-order chi connectivity index (χ1) is 15.2. The van der Waals surface area contributed by atoms with Gasteiger partial charge in [-0.05, 0) is 24.3 Å². The summed E-state index contributed by atoms with van der Waals surface area (Å²) in [6, 6.07) is 15.2. The normalized spacial score (nSPS) is 11.4. The number of thioether (sulfide) groups is 1. The Hall–Kier alpha value is -2.94. The molecule has 3 heterocycles. The molecule has 5 aromatic rings. The lowest BCUT2D eigenvalue weighted by Crippen LogP contribution is -2.22. The Balaban J connectivity index is 1.50. The lowest BCUT2D eigenvalue weighted by atomic mass is 10.2. The molecule has 0 spiro atoms. The standard InChI is InChI=1S/C22H16ClN5OS2/c1-2-11-27-20(29)17-5-3-4-6-18(17)28-21(27)25-26-22(28)31-13-16-12-30-19(24-16)14-7-9-15(23)10-8-14/h2-10,12H,1,11,13H2. The summed E-state index contributed by atoms with van der Waals surface area (Å²) < 4.78 is 3.52. The highest BCUT2D eigenvalue weighted by atomic mass is 35.5. The van der Waals surface area contributed by atoms with Crippen LogP contribution in [0.2, 0.25) is 5.02 Å². The van der Waals surface area contributed by atoms with Gasteiger partial charge in [0.2, 0.25) is 5.78 Å². The summed E-state index contributed by atoms with van der Waals surface area (Å²) in [6.07, 6.45) is 1.69. The number of halogens is 1. The van der Waals surface area contributed by atoms with E-state index >= 15 is 0 Å². The van der Waals surface area contributed by atoms with Crippen LogP contribution in [0.4, 0.5) is 0 Å². The van der Waals surface area contributed by atoms with Crippen molar-refractivity contribution >= 4 is 51.4 Å². The van der Waals surface area contributed by atoms with Crippen LogP contribution >= 0.6 is 34.7 Å². The molecule has 2 aromatic carbocycles. The van der Waals surface area contributed by atoms with E-state index in [4.69, 9.17) is 16.6 Å². The van der Waals surface area contributed by atoms with Gasteiger partial charge < -0.3 is 0 Å². The van der Waals surface area contributed by atoms with Gasteiger partial charge in [-0.15, -0.1) is 28.1 Å². The first-order valence-corrected chi connectivity index (χ1v) is 11.7. The van der Waals surface area contributed by atoms with Crippen molar-refractivity contribution < 1.29 is 0 Å². The zero-order chi connectivity index (χ0) is 21.4. The Labute approximate surface area is 190 Å². The number of benzene rings is 2. The molecule has 0 saturated heterocycles. The molecule has 0 fully saturated rings. The highest BCUT2D eigenvalue weighted by Crippen LogP contribution is 2.29. The maximum absolute atomic E-state index is 12.9. The number of hydrogen-bond donors (Lipinski definition) is 0. The molecule has 31 heavy (non-hydrogen) atoms. The van der Waals surface area contributed by atoms with E-state index < -0.39 is 0 Å². The van der Waals surface area contributed by atoms with Gasteiger partial charge in [-0.25, -0.2) is 4.98 Å². The monoisotopic (exact) mass is 465 g/mol. The molecule has 6 nitrogen and oxygen atoms in total. The minimum Gasteiger partial charge on any atom is -0.272 e. The van der Waals surface area contributed by atoms with Gasteiger partial charge in [0.25, 0.3) is 5.56 Å². The second-order valence-corrected chi connectivity index (χ2v) is 9.02. The molecule has 0 aliphatic heterocycles. The third-order valence-corrected chi connectivity index (χ3v) is 6.94. The first kappa shape index (κ1) is 20.0. The van der Waals surface area contributed by atoms with E-state index in [2.05, 4.69) is 16.8 Å². The fourth-order valence-electron chi connectivity index (χ4n) is 3.36. The van der Waals surface area contributed by atoms with Crippen LogP contribution in [0.15, 0.2) is 76.5 Å². The summed E-state index contributed by atoms with van der Waals surface area (Å²) in [5.74, 6) is 1.14.